The Bertz CT molecular complexity index is 801. The molecule has 2 aliphatic rings. The first kappa shape index (κ1) is 21.9. The molecule has 1 unspecified atom stereocenters. The third kappa shape index (κ3) is 6.11. The number of halogens is 1. The maximum Gasteiger partial charge on any atom is 0.321 e. The second-order valence-electron chi connectivity index (χ2n) is 7.48. The van der Waals surface area contributed by atoms with Crippen molar-refractivity contribution in [3.05, 3.63) is 30.1 Å². The van der Waals surface area contributed by atoms with Crippen molar-refractivity contribution in [3.63, 3.8) is 0 Å². The number of carbonyl (C=O) groups excluding carboxylic acids is 1. The number of amides is 2. The molecule has 3 rings (SSSR count). The number of carbonyl (C=O) groups is 1. The Hall–Kier alpha value is -1.75. The third-order valence-electron chi connectivity index (χ3n) is 5.37. The monoisotopic (exact) mass is 428 g/mol. The van der Waals surface area contributed by atoms with Gasteiger partial charge in [0, 0.05) is 45.3 Å². The molecule has 29 heavy (non-hydrogen) atoms. The van der Waals surface area contributed by atoms with Gasteiger partial charge < -0.3 is 15.0 Å². The van der Waals surface area contributed by atoms with Crippen molar-refractivity contribution < 1.29 is 22.3 Å². The fraction of sp³-hybridized carbons (Fsp3) is 0.632. The summed E-state index contributed by atoms with van der Waals surface area (Å²) in [5.74, 6) is -0.502. The zero-order valence-corrected chi connectivity index (χ0v) is 17.5. The van der Waals surface area contributed by atoms with E-state index >= 15 is 0 Å². The molecule has 1 N–H and O–H groups in total. The van der Waals surface area contributed by atoms with Crippen molar-refractivity contribution in [2.45, 2.75) is 18.9 Å². The Kier molecular flexibility index (Phi) is 7.44. The van der Waals surface area contributed by atoms with Gasteiger partial charge in [-0.3, -0.25) is 4.90 Å². The highest BCUT2D eigenvalue weighted by Gasteiger charge is 2.33. The van der Waals surface area contributed by atoms with E-state index < -0.39 is 21.9 Å². The van der Waals surface area contributed by atoms with Gasteiger partial charge >= 0.3 is 6.03 Å². The summed E-state index contributed by atoms with van der Waals surface area (Å²) in [6, 6.07) is 5.29. The van der Waals surface area contributed by atoms with Crippen molar-refractivity contribution in [1.29, 1.82) is 0 Å². The molecule has 1 aromatic carbocycles. The van der Waals surface area contributed by atoms with E-state index in [0.717, 1.165) is 13.1 Å². The maximum atomic E-state index is 13.8. The molecule has 8 nitrogen and oxygen atoms in total. The fourth-order valence-corrected chi connectivity index (χ4v) is 4.94. The topological polar surface area (TPSA) is 82.2 Å². The van der Waals surface area contributed by atoms with Crippen LogP contribution in [0, 0.1) is 5.82 Å². The molecule has 2 saturated heterocycles. The molecule has 0 saturated carbocycles. The SMILES string of the molecule is CS(=O)(=O)N(CCN1CCOCC1)C1CCCN(C(=O)Nc2ccccc2F)C1. The van der Waals surface area contributed by atoms with Gasteiger partial charge in [0.15, 0.2) is 0 Å². The summed E-state index contributed by atoms with van der Waals surface area (Å²) in [7, 11) is -3.42. The number of benzene rings is 1. The number of rotatable bonds is 6. The summed E-state index contributed by atoms with van der Waals surface area (Å²) in [6.07, 6.45) is 2.60. The lowest BCUT2D eigenvalue weighted by Crippen LogP contribution is -2.54. The van der Waals surface area contributed by atoms with Gasteiger partial charge in [-0.05, 0) is 25.0 Å². The van der Waals surface area contributed by atoms with E-state index in [9.17, 15) is 17.6 Å². The van der Waals surface area contributed by atoms with Crippen LogP contribution in [0.2, 0.25) is 0 Å². The number of ether oxygens (including phenoxy) is 1. The molecule has 2 aliphatic heterocycles. The predicted octanol–water partition coefficient (Wildman–Crippen LogP) is 1.42. The zero-order chi connectivity index (χ0) is 20.9. The lowest BCUT2D eigenvalue weighted by Gasteiger charge is -2.39. The average molecular weight is 429 g/mol. The summed E-state index contributed by atoms with van der Waals surface area (Å²) in [4.78, 5) is 16.4. The Morgan fingerprint density at radius 2 is 2.00 bits per heavy atom. The van der Waals surface area contributed by atoms with E-state index in [1.54, 1.807) is 17.0 Å². The summed E-state index contributed by atoms with van der Waals surface area (Å²) < 4.78 is 45.5. The number of nitrogens with one attached hydrogen (secondary N) is 1. The molecule has 0 aromatic heterocycles. The molecule has 1 atom stereocenters. The van der Waals surface area contributed by atoms with Crippen LogP contribution in [0.5, 0.6) is 0 Å². The number of sulfonamides is 1. The van der Waals surface area contributed by atoms with Gasteiger partial charge in [-0.15, -0.1) is 0 Å². The fourth-order valence-electron chi connectivity index (χ4n) is 3.82. The lowest BCUT2D eigenvalue weighted by atomic mass is 10.1. The third-order valence-corrected chi connectivity index (χ3v) is 6.71. The van der Waals surface area contributed by atoms with Crippen molar-refractivity contribution in [2.75, 3.05) is 64.1 Å². The number of piperidine rings is 1. The van der Waals surface area contributed by atoms with Gasteiger partial charge in [0.05, 0.1) is 25.2 Å². The minimum absolute atomic E-state index is 0.118. The molecule has 2 amide bonds. The summed E-state index contributed by atoms with van der Waals surface area (Å²) in [6.45, 7) is 4.71. The van der Waals surface area contributed by atoms with Crippen molar-refractivity contribution in [2.24, 2.45) is 0 Å². The van der Waals surface area contributed by atoms with Crippen LogP contribution in [0.25, 0.3) is 0 Å². The van der Waals surface area contributed by atoms with Gasteiger partial charge in [0.25, 0.3) is 0 Å². The van der Waals surface area contributed by atoms with Gasteiger partial charge in [-0.25, -0.2) is 17.6 Å². The van der Waals surface area contributed by atoms with Gasteiger partial charge in [0.2, 0.25) is 10.0 Å². The first-order valence-corrected chi connectivity index (χ1v) is 11.8. The standard InChI is InChI=1S/C19H29FN4O4S/c1-29(26,27)24(10-9-22-11-13-28-14-12-22)16-5-4-8-23(15-16)19(25)21-18-7-3-2-6-17(18)20/h2-3,6-7,16H,4-5,8-15H2,1H3,(H,21,25). The van der Waals surface area contributed by atoms with Crippen LogP contribution in [0.4, 0.5) is 14.9 Å². The number of nitrogens with zero attached hydrogens (tertiary/aromatic N) is 3. The quantitative estimate of drug-likeness (QED) is 0.741. The number of urea groups is 1. The van der Waals surface area contributed by atoms with E-state index in [-0.39, 0.29) is 18.3 Å². The van der Waals surface area contributed by atoms with Crippen LogP contribution < -0.4 is 5.32 Å². The Labute approximate surface area is 171 Å². The summed E-state index contributed by atoms with van der Waals surface area (Å²) in [5, 5.41) is 2.58. The lowest BCUT2D eigenvalue weighted by molar-refractivity contribution is 0.0343. The second kappa shape index (κ2) is 9.84. The van der Waals surface area contributed by atoms with E-state index in [2.05, 4.69) is 10.2 Å². The van der Waals surface area contributed by atoms with Crippen LogP contribution in [-0.4, -0.2) is 93.3 Å². The van der Waals surface area contributed by atoms with Gasteiger partial charge in [-0.2, -0.15) is 4.31 Å². The van der Waals surface area contributed by atoms with E-state index in [1.807, 2.05) is 0 Å². The highest BCUT2D eigenvalue weighted by molar-refractivity contribution is 7.88. The highest BCUT2D eigenvalue weighted by Crippen LogP contribution is 2.20. The Morgan fingerprint density at radius 1 is 1.28 bits per heavy atom. The number of morpholine rings is 1. The Balaban J connectivity index is 1.62. The van der Waals surface area contributed by atoms with E-state index in [1.165, 1.54) is 22.7 Å². The predicted molar refractivity (Wildman–Crippen MR) is 109 cm³/mol. The Morgan fingerprint density at radius 3 is 2.69 bits per heavy atom. The number of hydrogen-bond donors (Lipinski definition) is 1. The molecular formula is C19H29FN4O4S. The largest absolute Gasteiger partial charge is 0.379 e. The van der Waals surface area contributed by atoms with Crippen LogP contribution >= 0.6 is 0 Å². The number of likely N-dealkylation sites (tertiary alicyclic amines) is 1. The molecule has 0 radical (unpaired) electrons. The number of para-hydroxylation sites is 1. The molecule has 162 valence electrons. The minimum atomic E-state index is -3.42. The second-order valence-corrected chi connectivity index (χ2v) is 9.41. The highest BCUT2D eigenvalue weighted by atomic mass is 32.2. The minimum Gasteiger partial charge on any atom is -0.379 e. The molecule has 2 heterocycles. The molecule has 10 heteroatoms. The summed E-state index contributed by atoms with van der Waals surface area (Å²) >= 11 is 0. The first-order valence-electron chi connectivity index (χ1n) is 9.92. The van der Waals surface area contributed by atoms with Crippen molar-refractivity contribution in [3.8, 4) is 0 Å². The molecule has 0 spiro atoms. The average Bonchev–Trinajstić information content (AvgIpc) is 2.70. The maximum absolute atomic E-state index is 13.8. The molecule has 1 aromatic rings. The molecular weight excluding hydrogens is 399 g/mol. The van der Waals surface area contributed by atoms with Crippen LogP contribution in [0.1, 0.15) is 12.8 Å². The van der Waals surface area contributed by atoms with Gasteiger partial charge in [-0.1, -0.05) is 12.1 Å². The van der Waals surface area contributed by atoms with Crippen molar-refractivity contribution >= 4 is 21.7 Å². The van der Waals surface area contributed by atoms with Crippen molar-refractivity contribution in [1.82, 2.24) is 14.1 Å². The van der Waals surface area contributed by atoms with Crippen LogP contribution in [0.15, 0.2) is 24.3 Å². The molecule has 2 fully saturated rings. The number of anilines is 1. The normalized spacial score (nSPS) is 21.3. The van der Waals surface area contributed by atoms with E-state index in [0.29, 0.717) is 45.7 Å². The first-order chi connectivity index (χ1) is 13.8. The van der Waals surface area contributed by atoms with E-state index in [4.69, 9.17) is 4.74 Å². The van der Waals surface area contributed by atoms with Crippen LogP contribution in [-0.2, 0) is 14.8 Å². The summed E-state index contributed by atoms with van der Waals surface area (Å²) in [5.41, 5.74) is 0.118. The number of hydrogen-bond acceptors (Lipinski definition) is 5. The zero-order valence-electron chi connectivity index (χ0n) is 16.7. The smallest absolute Gasteiger partial charge is 0.321 e. The molecule has 0 aliphatic carbocycles. The van der Waals surface area contributed by atoms with Gasteiger partial charge in [0.1, 0.15) is 5.82 Å². The van der Waals surface area contributed by atoms with Crippen LogP contribution in [0.3, 0.4) is 0 Å². The molecule has 0 bridgehead atoms.